The van der Waals surface area contributed by atoms with Gasteiger partial charge in [-0.1, -0.05) is 36.8 Å². The molecule has 1 N–H and O–H groups in total. The molecule has 2 aliphatic heterocycles. The molecule has 0 radical (unpaired) electrons. The van der Waals surface area contributed by atoms with Crippen molar-refractivity contribution in [3.8, 4) is 0 Å². The molecule has 1 fully saturated rings. The second-order valence-corrected chi connectivity index (χ2v) is 9.77. The third kappa shape index (κ3) is 3.60. The fourth-order valence-electron chi connectivity index (χ4n) is 4.15. The Morgan fingerprint density at radius 1 is 1.10 bits per heavy atom. The first-order valence-corrected chi connectivity index (χ1v) is 11.7. The molecule has 0 spiro atoms. The number of aromatic nitrogens is 2. The number of hydrogen-bond acceptors (Lipinski definition) is 6. The van der Waals surface area contributed by atoms with E-state index in [9.17, 15) is 9.59 Å². The molecule has 4 heterocycles. The Labute approximate surface area is 176 Å². The summed E-state index contributed by atoms with van der Waals surface area (Å²) in [5, 5.41) is 2.88. The molecule has 0 aliphatic carbocycles. The van der Waals surface area contributed by atoms with Gasteiger partial charge in [0.25, 0.3) is 5.56 Å². The Hall–Kier alpha value is -2.16. The minimum atomic E-state index is -0.0394. The van der Waals surface area contributed by atoms with Crippen molar-refractivity contribution in [2.24, 2.45) is 0 Å². The number of nitrogens with zero attached hydrogens (tertiary/aromatic N) is 3. The Morgan fingerprint density at radius 2 is 1.90 bits per heavy atom. The van der Waals surface area contributed by atoms with Crippen LogP contribution in [0.25, 0.3) is 10.2 Å². The molecule has 29 heavy (non-hydrogen) atoms. The number of anilines is 1. The van der Waals surface area contributed by atoms with Gasteiger partial charge in [0.1, 0.15) is 10.2 Å². The van der Waals surface area contributed by atoms with Crippen LogP contribution in [0.5, 0.6) is 0 Å². The number of thioether (sulfide) groups is 1. The van der Waals surface area contributed by atoms with Crippen LogP contribution < -0.4 is 10.9 Å². The summed E-state index contributed by atoms with van der Waals surface area (Å²) < 4.78 is 3.33. The van der Waals surface area contributed by atoms with Crippen molar-refractivity contribution in [2.45, 2.75) is 36.1 Å². The van der Waals surface area contributed by atoms with Crippen LogP contribution in [0.2, 0.25) is 0 Å². The molecule has 1 saturated heterocycles. The second kappa shape index (κ2) is 7.93. The fourth-order valence-corrected chi connectivity index (χ4v) is 6.33. The lowest BCUT2D eigenvalue weighted by Crippen LogP contribution is -2.37. The van der Waals surface area contributed by atoms with Crippen molar-refractivity contribution in [1.29, 1.82) is 0 Å². The standard InChI is InChI=1S/C21H22N4O2S2/c26-16-12-28-21-18(23-16)17-19(29-21)20(27)25(13-22-17)11-15(14-7-3-1-4-8-14)24-9-5-2-6-10-24/h1,3-4,7-8,13,15H,2,5-6,9-12H2,(H,23,26)/t15-/m0/s1. The van der Waals surface area contributed by atoms with Gasteiger partial charge in [0.2, 0.25) is 5.91 Å². The lowest BCUT2D eigenvalue weighted by atomic mass is 10.0. The van der Waals surface area contributed by atoms with Crippen molar-refractivity contribution < 1.29 is 4.79 Å². The van der Waals surface area contributed by atoms with Crippen molar-refractivity contribution in [1.82, 2.24) is 14.5 Å². The number of carbonyl (C=O) groups is 1. The molecular formula is C21H22N4O2S2. The SMILES string of the molecule is O=C1CSc2sc3c(=O)n(C[C@@H](c4ccccc4)N4CCCCC4)cnc3c2N1. The molecule has 150 valence electrons. The molecule has 5 rings (SSSR count). The quantitative estimate of drug-likeness (QED) is 0.689. The zero-order valence-corrected chi connectivity index (χ0v) is 17.6. The number of fused-ring (bicyclic) bond motifs is 3. The van der Waals surface area contributed by atoms with Crippen LogP contribution in [0.3, 0.4) is 0 Å². The van der Waals surface area contributed by atoms with Crippen LogP contribution >= 0.6 is 23.1 Å². The Bertz CT molecular complexity index is 1100. The van der Waals surface area contributed by atoms with Crippen LogP contribution in [0.15, 0.2) is 45.7 Å². The number of amides is 1. The van der Waals surface area contributed by atoms with Gasteiger partial charge < -0.3 is 5.32 Å². The number of carbonyl (C=O) groups excluding carboxylic acids is 1. The summed E-state index contributed by atoms with van der Waals surface area (Å²) in [7, 11) is 0. The second-order valence-electron chi connectivity index (χ2n) is 7.50. The highest BCUT2D eigenvalue weighted by atomic mass is 32.2. The molecule has 0 bridgehead atoms. The summed E-state index contributed by atoms with van der Waals surface area (Å²) in [5.41, 5.74) is 2.52. The number of rotatable bonds is 4. The summed E-state index contributed by atoms with van der Waals surface area (Å²) in [6.45, 7) is 2.69. The summed E-state index contributed by atoms with van der Waals surface area (Å²) in [6.07, 6.45) is 5.31. The van der Waals surface area contributed by atoms with E-state index in [4.69, 9.17) is 0 Å². The van der Waals surface area contributed by atoms with Gasteiger partial charge in [-0.25, -0.2) is 4.98 Å². The van der Waals surface area contributed by atoms with E-state index < -0.39 is 0 Å². The summed E-state index contributed by atoms with van der Waals surface area (Å²) in [6, 6.07) is 10.6. The first-order chi connectivity index (χ1) is 14.2. The molecule has 0 unspecified atom stereocenters. The van der Waals surface area contributed by atoms with Crippen LogP contribution in [-0.4, -0.2) is 39.2 Å². The summed E-state index contributed by atoms with van der Waals surface area (Å²) in [4.78, 5) is 32.1. The van der Waals surface area contributed by atoms with Gasteiger partial charge in [0, 0.05) is 6.54 Å². The van der Waals surface area contributed by atoms with E-state index in [1.165, 1.54) is 47.9 Å². The van der Waals surface area contributed by atoms with Crippen molar-refractivity contribution in [3.05, 3.63) is 52.6 Å². The predicted molar refractivity (Wildman–Crippen MR) is 118 cm³/mol. The Kier molecular flexibility index (Phi) is 5.15. The molecule has 8 heteroatoms. The maximum atomic E-state index is 13.3. The molecule has 1 aromatic carbocycles. The molecular weight excluding hydrogens is 404 g/mol. The zero-order valence-electron chi connectivity index (χ0n) is 16.0. The third-order valence-corrected chi connectivity index (χ3v) is 8.05. The van der Waals surface area contributed by atoms with E-state index in [1.807, 2.05) is 6.07 Å². The molecule has 2 aliphatic rings. The molecule has 2 aromatic heterocycles. The Balaban J connectivity index is 1.52. The van der Waals surface area contributed by atoms with Crippen LogP contribution in [0, 0.1) is 0 Å². The first-order valence-electron chi connectivity index (χ1n) is 9.94. The van der Waals surface area contributed by atoms with Gasteiger partial charge in [0.15, 0.2) is 0 Å². The van der Waals surface area contributed by atoms with Gasteiger partial charge in [-0.15, -0.1) is 23.1 Å². The number of nitrogens with one attached hydrogen (secondary N) is 1. The van der Waals surface area contributed by atoms with Crippen LogP contribution in [-0.2, 0) is 11.3 Å². The highest BCUT2D eigenvalue weighted by Crippen LogP contribution is 2.42. The van der Waals surface area contributed by atoms with E-state index >= 15 is 0 Å². The minimum Gasteiger partial charge on any atom is -0.322 e. The average Bonchev–Trinajstić information content (AvgIpc) is 3.13. The summed E-state index contributed by atoms with van der Waals surface area (Å²) >= 11 is 2.92. The van der Waals surface area contributed by atoms with Gasteiger partial charge in [-0.2, -0.15) is 0 Å². The van der Waals surface area contributed by atoms with Gasteiger partial charge in [-0.3, -0.25) is 19.1 Å². The smallest absolute Gasteiger partial charge is 0.271 e. The number of likely N-dealkylation sites (tertiary alicyclic amines) is 1. The van der Waals surface area contributed by atoms with Crippen molar-refractivity contribution >= 4 is 44.9 Å². The first kappa shape index (κ1) is 18.8. The number of thiophene rings is 1. The third-order valence-electron chi connectivity index (χ3n) is 5.62. The number of benzene rings is 1. The highest BCUT2D eigenvalue weighted by molar-refractivity contribution is 8.02. The monoisotopic (exact) mass is 426 g/mol. The van der Waals surface area contributed by atoms with Crippen LogP contribution in [0.4, 0.5) is 5.69 Å². The average molecular weight is 427 g/mol. The lowest BCUT2D eigenvalue weighted by Gasteiger charge is -2.35. The molecule has 1 atom stereocenters. The van der Waals surface area contributed by atoms with Gasteiger partial charge in [0.05, 0.1) is 28.0 Å². The number of piperidine rings is 1. The topological polar surface area (TPSA) is 67.2 Å². The van der Waals surface area contributed by atoms with E-state index in [-0.39, 0.29) is 17.5 Å². The van der Waals surface area contributed by atoms with Crippen LogP contribution in [0.1, 0.15) is 30.9 Å². The normalized spacial score (nSPS) is 18.4. The largest absolute Gasteiger partial charge is 0.322 e. The van der Waals surface area contributed by atoms with E-state index in [0.717, 1.165) is 17.3 Å². The lowest BCUT2D eigenvalue weighted by molar-refractivity contribution is -0.113. The molecule has 1 amide bonds. The zero-order chi connectivity index (χ0) is 19.8. The molecule has 0 saturated carbocycles. The number of hydrogen-bond donors (Lipinski definition) is 1. The Morgan fingerprint density at radius 3 is 2.69 bits per heavy atom. The highest BCUT2D eigenvalue weighted by Gasteiger charge is 2.26. The van der Waals surface area contributed by atoms with E-state index in [1.54, 1.807) is 10.9 Å². The summed E-state index contributed by atoms with van der Waals surface area (Å²) in [5.74, 6) is 0.349. The van der Waals surface area contributed by atoms with Crippen molar-refractivity contribution in [2.75, 3.05) is 24.2 Å². The predicted octanol–water partition coefficient (Wildman–Crippen LogP) is 3.73. The van der Waals surface area contributed by atoms with Crippen molar-refractivity contribution in [3.63, 3.8) is 0 Å². The maximum Gasteiger partial charge on any atom is 0.271 e. The van der Waals surface area contributed by atoms with Gasteiger partial charge in [-0.05, 0) is 31.5 Å². The van der Waals surface area contributed by atoms with Gasteiger partial charge >= 0.3 is 0 Å². The molecule has 3 aromatic rings. The fraction of sp³-hybridized carbons (Fsp3) is 0.381. The van der Waals surface area contributed by atoms with E-state index in [2.05, 4.69) is 39.5 Å². The molecule has 6 nitrogen and oxygen atoms in total. The van der Waals surface area contributed by atoms with E-state index in [0.29, 0.717) is 28.2 Å². The maximum absolute atomic E-state index is 13.3. The minimum absolute atomic E-state index is 0.0258.